The Balaban J connectivity index is 2.25. The molecule has 0 amide bonds. The molecule has 0 unspecified atom stereocenters. The summed E-state index contributed by atoms with van der Waals surface area (Å²) in [7, 11) is 0. The third-order valence-corrected chi connectivity index (χ3v) is 2.29. The number of fused-ring (bicyclic) bond motifs is 1. The summed E-state index contributed by atoms with van der Waals surface area (Å²) in [6.07, 6.45) is 1.08. The lowest BCUT2D eigenvalue weighted by Crippen LogP contribution is -2.11. The van der Waals surface area contributed by atoms with Crippen molar-refractivity contribution in [2.24, 2.45) is 0 Å². The van der Waals surface area contributed by atoms with Crippen molar-refractivity contribution in [2.45, 2.75) is 12.8 Å². The van der Waals surface area contributed by atoms with E-state index in [1.165, 1.54) is 6.07 Å². The van der Waals surface area contributed by atoms with Crippen LogP contribution >= 0.6 is 0 Å². The Hall–Kier alpha value is -2.24. The number of nitrogens with zero attached hydrogens (tertiary/aromatic N) is 1. The number of hydrogen-bond acceptors (Lipinski definition) is 4. The number of rotatable bonds is 4. The predicted octanol–water partition coefficient (Wildman–Crippen LogP) is 3.04. The largest absolute Gasteiger partial charge is 0.463 e. The minimum atomic E-state index is -3.47. The fourth-order valence-electron chi connectivity index (χ4n) is 1.45. The van der Waals surface area contributed by atoms with E-state index in [0.717, 1.165) is 0 Å². The van der Waals surface area contributed by atoms with E-state index in [2.05, 4.69) is 9.72 Å². The minimum Gasteiger partial charge on any atom is -0.463 e. The first-order valence-corrected chi connectivity index (χ1v) is 5.63. The molecule has 0 N–H and O–H groups in total. The van der Waals surface area contributed by atoms with Gasteiger partial charge in [-0.1, -0.05) is 12.1 Å². The molecule has 0 aliphatic rings. The zero-order chi connectivity index (χ0) is 13.9. The van der Waals surface area contributed by atoms with Crippen LogP contribution in [0.2, 0.25) is 0 Å². The molecular weight excluding hydrogens is 256 g/mol. The lowest BCUT2D eigenvalue weighted by atomic mass is 10.3. The normalized spacial score (nSPS) is 12.2. The monoisotopic (exact) mass is 267 g/mol. The number of halogens is 2. The Bertz CT molecular complexity index is 586. The highest BCUT2D eigenvalue weighted by molar-refractivity contribution is 5.82. The van der Waals surface area contributed by atoms with Gasteiger partial charge in [0.2, 0.25) is 0 Å². The zero-order valence-corrected chi connectivity index (χ0v) is 10.1. The lowest BCUT2D eigenvalue weighted by Gasteiger charge is -2.05. The summed E-state index contributed by atoms with van der Waals surface area (Å²) < 4.78 is 37.0. The van der Waals surface area contributed by atoms with E-state index in [9.17, 15) is 13.6 Å². The maximum Gasteiger partial charge on any atom is 0.341 e. The molecule has 0 radical (unpaired) electrons. The number of esters is 1. The van der Waals surface area contributed by atoms with E-state index >= 15 is 0 Å². The maximum absolute atomic E-state index is 13.7. The number of para-hydroxylation sites is 2. The van der Waals surface area contributed by atoms with Crippen LogP contribution in [0, 0.1) is 0 Å². The number of hydrogen-bond donors (Lipinski definition) is 0. The summed E-state index contributed by atoms with van der Waals surface area (Å²) in [5.41, 5.74) is 0.600. The smallest absolute Gasteiger partial charge is 0.341 e. The highest BCUT2D eigenvalue weighted by Gasteiger charge is 2.34. The number of carbonyl (C=O) groups excluding carboxylic acids is 1. The highest BCUT2D eigenvalue weighted by Crippen LogP contribution is 2.31. The highest BCUT2D eigenvalue weighted by atomic mass is 19.3. The Labute approximate surface area is 107 Å². The van der Waals surface area contributed by atoms with Gasteiger partial charge in [-0.25, -0.2) is 9.78 Å². The van der Waals surface area contributed by atoms with Gasteiger partial charge >= 0.3 is 11.9 Å². The number of alkyl halides is 2. The molecule has 1 heterocycles. The van der Waals surface area contributed by atoms with E-state index < -0.39 is 17.8 Å². The molecule has 19 heavy (non-hydrogen) atoms. The van der Waals surface area contributed by atoms with Crippen molar-refractivity contribution in [1.29, 1.82) is 0 Å². The first kappa shape index (κ1) is 13.2. The molecule has 2 rings (SSSR count). The van der Waals surface area contributed by atoms with Crippen LogP contribution in [-0.4, -0.2) is 17.6 Å². The van der Waals surface area contributed by atoms with Gasteiger partial charge in [0.15, 0.2) is 5.58 Å². The van der Waals surface area contributed by atoms with Crippen LogP contribution in [0.3, 0.4) is 0 Å². The Kier molecular flexibility index (Phi) is 3.59. The van der Waals surface area contributed by atoms with Crippen LogP contribution in [0.15, 0.2) is 40.8 Å². The average molecular weight is 267 g/mol. The van der Waals surface area contributed by atoms with Gasteiger partial charge in [0.1, 0.15) is 5.52 Å². The molecular formula is C13H11F2NO3. The molecule has 0 saturated carbocycles. The molecule has 1 aromatic carbocycles. The molecule has 4 nitrogen and oxygen atoms in total. The molecule has 0 spiro atoms. The van der Waals surface area contributed by atoms with Crippen molar-refractivity contribution in [3.63, 3.8) is 0 Å². The predicted molar refractivity (Wildman–Crippen MR) is 63.7 cm³/mol. The number of ether oxygens (including phenoxy) is 1. The summed E-state index contributed by atoms with van der Waals surface area (Å²) in [6.45, 7) is 1.71. The number of carbonyl (C=O) groups is 1. The van der Waals surface area contributed by atoms with E-state index in [1.54, 1.807) is 25.1 Å². The van der Waals surface area contributed by atoms with Crippen LogP contribution in [0.25, 0.3) is 11.1 Å². The molecule has 0 aliphatic heterocycles. The lowest BCUT2D eigenvalue weighted by molar-refractivity contribution is -0.137. The first-order valence-electron chi connectivity index (χ1n) is 5.63. The van der Waals surface area contributed by atoms with Gasteiger partial charge in [-0.2, -0.15) is 8.78 Å². The molecule has 100 valence electrons. The number of allylic oxidation sites excluding steroid dienone is 1. The number of oxazole rings is 1. The number of aromatic nitrogens is 1. The van der Waals surface area contributed by atoms with Crippen molar-refractivity contribution in [2.75, 3.05) is 6.61 Å². The van der Waals surface area contributed by atoms with E-state index in [4.69, 9.17) is 4.42 Å². The van der Waals surface area contributed by atoms with Crippen LogP contribution in [0.5, 0.6) is 0 Å². The molecule has 1 aromatic heterocycles. The van der Waals surface area contributed by atoms with Gasteiger partial charge in [-0.15, -0.1) is 0 Å². The zero-order valence-electron chi connectivity index (χ0n) is 10.1. The van der Waals surface area contributed by atoms with Gasteiger partial charge in [0.25, 0.3) is 5.89 Å². The molecule has 0 fully saturated rings. The molecule has 0 aliphatic carbocycles. The van der Waals surface area contributed by atoms with Crippen molar-refractivity contribution < 1.29 is 22.7 Å². The topological polar surface area (TPSA) is 52.3 Å². The van der Waals surface area contributed by atoms with Gasteiger partial charge in [-0.05, 0) is 19.1 Å². The summed E-state index contributed by atoms with van der Waals surface area (Å²) >= 11 is 0. The first-order chi connectivity index (χ1) is 9.03. The Morgan fingerprint density at radius 1 is 1.47 bits per heavy atom. The third-order valence-electron chi connectivity index (χ3n) is 2.29. The fourth-order valence-corrected chi connectivity index (χ4v) is 1.45. The molecule has 2 aromatic rings. The summed E-state index contributed by atoms with van der Waals surface area (Å²) in [5, 5.41) is 0. The Morgan fingerprint density at radius 2 is 2.21 bits per heavy atom. The molecule has 0 bridgehead atoms. The number of benzene rings is 1. The maximum atomic E-state index is 13.7. The van der Waals surface area contributed by atoms with Crippen LogP contribution in [0.1, 0.15) is 12.8 Å². The SMILES string of the molecule is CCOC(=O)/C=C\C(F)(F)c1nc2ccccc2o1. The third kappa shape index (κ3) is 2.96. The molecule has 0 saturated heterocycles. The summed E-state index contributed by atoms with van der Waals surface area (Å²) in [5.74, 6) is -5.06. The Morgan fingerprint density at radius 3 is 2.89 bits per heavy atom. The van der Waals surface area contributed by atoms with Gasteiger partial charge in [0, 0.05) is 12.2 Å². The van der Waals surface area contributed by atoms with Crippen LogP contribution < -0.4 is 0 Å². The summed E-state index contributed by atoms with van der Waals surface area (Å²) in [6, 6.07) is 6.43. The van der Waals surface area contributed by atoms with Gasteiger partial charge in [0.05, 0.1) is 6.61 Å². The van der Waals surface area contributed by atoms with Crippen molar-refractivity contribution in [3.05, 3.63) is 42.3 Å². The quantitative estimate of drug-likeness (QED) is 0.631. The van der Waals surface area contributed by atoms with E-state index in [1.807, 2.05) is 0 Å². The fraction of sp³-hybridized carbons (Fsp3) is 0.231. The van der Waals surface area contributed by atoms with Gasteiger partial charge < -0.3 is 9.15 Å². The van der Waals surface area contributed by atoms with E-state index in [0.29, 0.717) is 17.7 Å². The van der Waals surface area contributed by atoms with Gasteiger partial charge in [-0.3, -0.25) is 0 Å². The summed E-state index contributed by atoms with van der Waals surface area (Å²) in [4.78, 5) is 14.7. The van der Waals surface area contributed by atoms with Crippen LogP contribution in [-0.2, 0) is 15.5 Å². The van der Waals surface area contributed by atoms with Crippen molar-refractivity contribution >= 4 is 17.1 Å². The standard InChI is InChI=1S/C13H11F2NO3/c1-2-18-11(17)7-8-13(14,15)12-16-9-5-3-4-6-10(9)19-12/h3-8H,2H2,1H3/b8-7-. The minimum absolute atomic E-state index is 0.123. The second kappa shape index (κ2) is 5.17. The van der Waals surface area contributed by atoms with Crippen LogP contribution in [0.4, 0.5) is 8.78 Å². The van der Waals surface area contributed by atoms with Crippen molar-refractivity contribution in [3.8, 4) is 0 Å². The average Bonchev–Trinajstić information content (AvgIpc) is 2.81. The second-order valence-corrected chi connectivity index (χ2v) is 3.70. The van der Waals surface area contributed by atoms with E-state index in [-0.39, 0.29) is 12.2 Å². The van der Waals surface area contributed by atoms with Crippen molar-refractivity contribution in [1.82, 2.24) is 4.98 Å². The molecule has 0 atom stereocenters. The second-order valence-electron chi connectivity index (χ2n) is 3.70. The molecule has 6 heteroatoms.